The molecule has 5 heteroatoms. The van der Waals surface area contributed by atoms with Crippen LogP contribution in [0.1, 0.15) is 5.69 Å². The fraction of sp³-hybridized carbons (Fsp3) is 0.333. The van der Waals surface area contributed by atoms with E-state index in [-0.39, 0.29) is 0 Å². The van der Waals surface area contributed by atoms with Gasteiger partial charge in [0.15, 0.2) is 0 Å². The van der Waals surface area contributed by atoms with Crippen LogP contribution in [0.3, 0.4) is 0 Å². The van der Waals surface area contributed by atoms with E-state index in [1.165, 1.54) is 5.82 Å². The molecule has 0 bridgehead atoms. The van der Waals surface area contributed by atoms with Crippen LogP contribution in [0.5, 0.6) is 0 Å². The van der Waals surface area contributed by atoms with E-state index in [9.17, 15) is 0 Å². The highest BCUT2D eigenvalue weighted by Crippen LogP contribution is 2.24. The zero-order chi connectivity index (χ0) is 13.5. The maximum Gasteiger partial charge on any atom is 0.236 e. The average molecular weight is 267 g/mol. The minimum atomic E-state index is 0.791. The molecule has 0 amide bonds. The summed E-state index contributed by atoms with van der Waals surface area (Å²) < 4.78 is 2.17. The summed E-state index contributed by atoms with van der Waals surface area (Å²) in [5.41, 5.74) is 3.15. The summed E-state index contributed by atoms with van der Waals surface area (Å²) in [6.45, 7) is 6.12. The zero-order valence-corrected chi connectivity index (χ0v) is 11.5. The topological polar surface area (TPSA) is 45.5 Å². The van der Waals surface area contributed by atoms with E-state index >= 15 is 0 Å². The standard InChI is InChI=1S/C15H17N5/c1-11-10-14(19-8-6-16-7-9-19)20-13-5-3-2-4-12(13)18-15(20)17-11/h2-5,10,16H,6-9H2,1H3. The number of rotatable bonds is 1. The Balaban J connectivity index is 2.02. The first-order valence-electron chi connectivity index (χ1n) is 7.03. The molecule has 1 saturated heterocycles. The first-order chi connectivity index (χ1) is 9.83. The number of hydrogen-bond acceptors (Lipinski definition) is 4. The molecule has 5 nitrogen and oxygen atoms in total. The van der Waals surface area contributed by atoms with Gasteiger partial charge in [0, 0.05) is 37.9 Å². The van der Waals surface area contributed by atoms with Crippen LogP contribution in [0.4, 0.5) is 5.82 Å². The first-order valence-corrected chi connectivity index (χ1v) is 7.03. The molecule has 102 valence electrons. The van der Waals surface area contributed by atoms with Gasteiger partial charge in [-0.05, 0) is 19.1 Å². The summed E-state index contributed by atoms with van der Waals surface area (Å²) in [6, 6.07) is 10.4. The van der Waals surface area contributed by atoms with Crippen molar-refractivity contribution in [3.63, 3.8) is 0 Å². The van der Waals surface area contributed by atoms with Crippen LogP contribution in [-0.2, 0) is 0 Å². The molecular weight excluding hydrogens is 250 g/mol. The molecule has 0 aliphatic carbocycles. The molecule has 4 rings (SSSR count). The van der Waals surface area contributed by atoms with Gasteiger partial charge in [-0.25, -0.2) is 9.97 Å². The molecule has 3 aromatic rings. The third kappa shape index (κ3) is 1.74. The van der Waals surface area contributed by atoms with Crippen LogP contribution in [0.15, 0.2) is 30.3 Å². The molecule has 1 aromatic carbocycles. The molecule has 20 heavy (non-hydrogen) atoms. The lowest BCUT2D eigenvalue weighted by Crippen LogP contribution is -2.44. The molecule has 1 aliphatic rings. The van der Waals surface area contributed by atoms with Crippen molar-refractivity contribution in [2.24, 2.45) is 0 Å². The number of piperazine rings is 1. The predicted octanol–water partition coefficient (Wildman–Crippen LogP) is 1.60. The van der Waals surface area contributed by atoms with Gasteiger partial charge in [-0.3, -0.25) is 4.40 Å². The van der Waals surface area contributed by atoms with E-state index in [4.69, 9.17) is 0 Å². The van der Waals surface area contributed by atoms with E-state index in [1.807, 2.05) is 19.1 Å². The smallest absolute Gasteiger partial charge is 0.236 e. The van der Waals surface area contributed by atoms with Crippen molar-refractivity contribution >= 4 is 22.6 Å². The number of nitrogens with one attached hydrogen (secondary N) is 1. The number of aryl methyl sites for hydroxylation is 1. The van der Waals surface area contributed by atoms with Gasteiger partial charge >= 0.3 is 0 Å². The van der Waals surface area contributed by atoms with E-state index in [1.54, 1.807) is 0 Å². The van der Waals surface area contributed by atoms with Crippen LogP contribution in [-0.4, -0.2) is 40.5 Å². The Kier molecular flexibility index (Phi) is 2.60. The normalized spacial score (nSPS) is 16.1. The third-order valence-corrected chi connectivity index (χ3v) is 3.83. The van der Waals surface area contributed by atoms with Gasteiger partial charge < -0.3 is 10.2 Å². The lowest BCUT2D eigenvalue weighted by molar-refractivity contribution is 0.583. The number of fused-ring (bicyclic) bond motifs is 3. The van der Waals surface area contributed by atoms with Crippen molar-refractivity contribution in [3.05, 3.63) is 36.0 Å². The molecule has 1 aliphatic heterocycles. The minimum Gasteiger partial charge on any atom is -0.355 e. The van der Waals surface area contributed by atoms with E-state index in [0.29, 0.717) is 0 Å². The summed E-state index contributed by atoms with van der Waals surface area (Å²) in [5, 5.41) is 3.40. The molecule has 1 N–H and O–H groups in total. The van der Waals surface area contributed by atoms with Crippen LogP contribution in [0.2, 0.25) is 0 Å². The van der Waals surface area contributed by atoms with Crippen molar-refractivity contribution < 1.29 is 0 Å². The Bertz CT molecular complexity index is 770. The summed E-state index contributed by atoms with van der Waals surface area (Å²) in [6.07, 6.45) is 0. The molecule has 0 saturated carbocycles. The van der Waals surface area contributed by atoms with Crippen molar-refractivity contribution in [2.75, 3.05) is 31.1 Å². The molecule has 0 radical (unpaired) electrons. The van der Waals surface area contributed by atoms with Crippen LogP contribution >= 0.6 is 0 Å². The van der Waals surface area contributed by atoms with Crippen LogP contribution < -0.4 is 10.2 Å². The van der Waals surface area contributed by atoms with Gasteiger partial charge in [0.05, 0.1) is 11.0 Å². The van der Waals surface area contributed by atoms with Crippen molar-refractivity contribution in [1.29, 1.82) is 0 Å². The Morgan fingerprint density at radius 1 is 1.10 bits per heavy atom. The van der Waals surface area contributed by atoms with Crippen LogP contribution in [0.25, 0.3) is 16.8 Å². The maximum atomic E-state index is 4.64. The molecule has 0 atom stereocenters. The van der Waals surface area contributed by atoms with Crippen molar-refractivity contribution in [1.82, 2.24) is 19.7 Å². The fourth-order valence-electron chi connectivity index (χ4n) is 2.88. The van der Waals surface area contributed by atoms with Gasteiger partial charge in [0.2, 0.25) is 5.78 Å². The second-order valence-corrected chi connectivity index (χ2v) is 5.23. The molecular formula is C15H17N5. The van der Waals surface area contributed by atoms with Crippen molar-refractivity contribution in [2.45, 2.75) is 6.92 Å². The lowest BCUT2D eigenvalue weighted by Gasteiger charge is -2.30. The second kappa shape index (κ2) is 4.45. The Morgan fingerprint density at radius 2 is 1.90 bits per heavy atom. The van der Waals surface area contributed by atoms with Gasteiger partial charge in [-0.15, -0.1) is 0 Å². The van der Waals surface area contributed by atoms with Crippen LogP contribution in [0, 0.1) is 6.92 Å². The second-order valence-electron chi connectivity index (χ2n) is 5.23. The summed E-state index contributed by atoms with van der Waals surface area (Å²) in [7, 11) is 0. The summed E-state index contributed by atoms with van der Waals surface area (Å²) in [4.78, 5) is 11.6. The number of hydrogen-bond donors (Lipinski definition) is 1. The highest BCUT2D eigenvalue weighted by molar-refractivity contribution is 5.81. The summed E-state index contributed by atoms with van der Waals surface area (Å²) >= 11 is 0. The first kappa shape index (κ1) is 11.7. The molecule has 2 aromatic heterocycles. The Morgan fingerprint density at radius 3 is 2.75 bits per heavy atom. The highest BCUT2D eigenvalue weighted by atomic mass is 15.3. The average Bonchev–Trinajstić information content (AvgIpc) is 2.85. The zero-order valence-electron chi connectivity index (χ0n) is 11.5. The molecule has 1 fully saturated rings. The Hall–Kier alpha value is -2.14. The largest absolute Gasteiger partial charge is 0.355 e. The van der Waals surface area contributed by atoms with Gasteiger partial charge in [0.25, 0.3) is 0 Å². The van der Waals surface area contributed by atoms with Gasteiger partial charge in [-0.1, -0.05) is 12.1 Å². The number of imidazole rings is 1. The van der Waals surface area contributed by atoms with E-state index < -0.39 is 0 Å². The number of nitrogens with zero attached hydrogens (tertiary/aromatic N) is 4. The third-order valence-electron chi connectivity index (χ3n) is 3.83. The number of benzene rings is 1. The molecule has 3 heterocycles. The molecule has 0 spiro atoms. The quantitative estimate of drug-likeness (QED) is 0.727. The van der Waals surface area contributed by atoms with Crippen molar-refractivity contribution in [3.8, 4) is 0 Å². The summed E-state index contributed by atoms with van der Waals surface area (Å²) in [5.74, 6) is 1.99. The van der Waals surface area contributed by atoms with Gasteiger partial charge in [0.1, 0.15) is 5.82 Å². The SMILES string of the molecule is Cc1cc(N2CCNCC2)n2c(n1)nc1ccccc12. The maximum absolute atomic E-state index is 4.64. The lowest BCUT2D eigenvalue weighted by atomic mass is 10.3. The predicted molar refractivity (Wildman–Crippen MR) is 80.3 cm³/mol. The minimum absolute atomic E-state index is 0.791. The van der Waals surface area contributed by atoms with E-state index in [0.717, 1.165) is 48.7 Å². The fourth-order valence-corrected chi connectivity index (χ4v) is 2.88. The number of para-hydroxylation sites is 2. The molecule has 0 unspecified atom stereocenters. The highest BCUT2D eigenvalue weighted by Gasteiger charge is 2.17. The Labute approximate surface area is 117 Å². The number of anilines is 1. The monoisotopic (exact) mass is 267 g/mol. The van der Waals surface area contributed by atoms with E-state index in [2.05, 4.69) is 42.8 Å². The number of aromatic nitrogens is 3. The van der Waals surface area contributed by atoms with Gasteiger partial charge in [-0.2, -0.15) is 0 Å².